The fourth-order valence-electron chi connectivity index (χ4n) is 2.11. The molecule has 1 aromatic carbocycles. The number of hydrogen-bond donors (Lipinski definition) is 0. The minimum absolute atomic E-state index is 0.871. The molecule has 1 aliphatic rings. The summed E-state index contributed by atoms with van der Waals surface area (Å²) in [7, 11) is 0. The van der Waals surface area contributed by atoms with E-state index in [9.17, 15) is 0 Å². The Balaban J connectivity index is 1.87. The van der Waals surface area contributed by atoms with Crippen LogP contribution in [0.5, 0.6) is 0 Å². The van der Waals surface area contributed by atoms with E-state index < -0.39 is 0 Å². The molecule has 0 bridgehead atoms. The fourth-order valence-corrected chi connectivity index (χ4v) is 2.50. The van der Waals surface area contributed by atoms with E-state index in [2.05, 4.69) is 40.2 Å². The zero-order valence-electron chi connectivity index (χ0n) is 7.80. The maximum atomic E-state index is 3.47. The van der Waals surface area contributed by atoms with E-state index >= 15 is 0 Å². The SMILES string of the molecule is BrCCCCC1Cc2ccccc21. The third-order valence-electron chi connectivity index (χ3n) is 2.90. The van der Waals surface area contributed by atoms with Gasteiger partial charge in [0.25, 0.3) is 0 Å². The van der Waals surface area contributed by atoms with E-state index in [1.54, 1.807) is 11.1 Å². The molecule has 1 unspecified atom stereocenters. The van der Waals surface area contributed by atoms with Crippen molar-refractivity contribution in [3.05, 3.63) is 35.4 Å². The Hall–Kier alpha value is -0.300. The van der Waals surface area contributed by atoms with E-state index in [0.717, 1.165) is 11.2 Å². The quantitative estimate of drug-likeness (QED) is 0.552. The van der Waals surface area contributed by atoms with Gasteiger partial charge in [0.2, 0.25) is 0 Å². The summed E-state index contributed by atoms with van der Waals surface area (Å²) in [5.41, 5.74) is 3.18. The predicted molar refractivity (Wildman–Crippen MR) is 60.5 cm³/mol. The van der Waals surface area contributed by atoms with Crippen LogP contribution in [-0.4, -0.2) is 5.33 Å². The molecule has 1 aromatic rings. The van der Waals surface area contributed by atoms with Crippen molar-refractivity contribution in [2.24, 2.45) is 0 Å². The molecule has 2 rings (SSSR count). The molecule has 1 heteroatoms. The summed E-state index contributed by atoms with van der Waals surface area (Å²) in [6, 6.07) is 8.86. The van der Waals surface area contributed by atoms with Crippen LogP contribution in [0, 0.1) is 0 Å². The van der Waals surface area contributed by atoms with Crippen molar-refractivity contribution in [3.8, 4) is 0 Å². The zero-order valence-corrected chi connectivity index (χ0v) is 9.39. The third kappa shape index (κ3) is 1.96. The minimum atomic E-state index is 0.871. The van der Waals surface area contributed by atoms with Crippen LogP contribution >= 0.6 is 15.9 Å². The Morgan fingerprint density at radius 3 is 2.85 bits per heavy atom. The van der Waals surface area contributed by atoms with Crippen molar-refractivity contribution in [2.75, 3.05) is 5.33 Å². The fraction of sp³-hybridized carbons (Fsp3) is 0.500. The molecule has 1 aliphatic carbocycles. The molecule has 0 N–H and O–H groups in total. The van der Waals surface area contributed by atoms with Gasteiger partial charge in [-0.3, -0.25) is 0 Å². The summed E-state index contributed by atoms with van der Waals surface area (Å²) in [5.74, 6) is 0.871. The lowest BCUT2D eigenvalue weighted by atomic mass is 9.75. The first-order valence-corrected chi connectivity index (χ1v) is 6.17. The van der Waals surface area contributed by atoms with E-state index in [1.807, 2.05) is 0 Å². The van der Waals surface area contributed by atoms with Crippen LogP contribution in [0.15, 0.2) is 24.3 Å². The minimum Gasteiger partial charge on any atom is -0.0928 e. The first-order valence-electron chi connectivity index (χ1n) is 5.05. The van der Waals surface area contributed by atoms with Gasteiger partial charge in [0, 0.05) is 5.33 Å². The summed E-state index contributed by atoms with van der Waals surface area (Å²) in [6.45, 7) is 0. The molecular weight excluding hydrogens is 224 g/mol. The molecule has 0 saturated carbocycles. The monoisotopic (exact) mass is 238 g/mol. The molecule has 0 aromatic heterocycles. The number of alkyl halides is 1. The largest absolute Gasteiger partial charge is 0.0928 e. The van der Waals surface area contributed by atoms with Crippen LogP contribution in [0.25, 0.3) is 0 Å². The Kier molecular flexibility index (Phi) is 3.05. The zero-order chi connectivity index (χ0) is 9.10. The lowest BCUT2D eigenvalue weighted by Crippen LogP contribution is -2.16. The molecule has 0 radical (unpaired) electrons. The van der Waals surface area contributed by atoms with Gasteiger partial charge < -0.3 is 0 Å². The Morgan fingerprint density at radius 2 is 2.08 bits per heavy atom. The Bertz CT molecular complexity index is 280. The highest BCUT2D eigenvalue weighted by Gasteiger charge is 2.24. The van der Waals surface area contributed by atoms with Crippen molar-refractivity contribution < 1.29 is 0 Å². The lowest BCUT2D eigenvalue weighted by molar-refractivity contribution is 0.533. The summed E-state index contributed by atoms with van der Waals surface area (Å²) >= 11 is 3.47. The first-order chi connectivity index (χ1) is 6.42. The van der Waals surface area contributed by atoms with Crippen LogP contribution in [0.2, 0.25) is 0 Å². The summed E-state index contributed by atoms with van der Waals surface area (Å²) < 4.78 is 0. The Morgan fingerprint density at radius 1 is 1.23 bits per heavy atom. The van der Waals surface area contributed by atoms with Crippen LogP contribution in [0.4, 0.5) is 0 Å². The molecule has 0 saturated heterocycles. The highest BCUT2D eigenvalue weighted by molar-refractivity contribution is 9.09. The molecule has 0 nitrogen and oxygen atoms in total. The molecule has 70 valence electrons. The highest BCUT2D eigenvalue weighted by Crippen LogP contribution is 2.38. The molecule has 0 aliphatic heterocycles. The van der Waals surface area contributed by atoms with E-state index in [1.165, 1.54) is 25.7 Å². The summed E-state index contributed by atoms with van der Waals surface area (Å²) in [5, 5.41) is 1.15. The standard InChI is InChI=1S/C12H15Br/c13-8-4-3-6-11-9-10-5-1-2-7-12(10)11/h1-2,5,7,11H,3-4,6,8-9H2. The van der Waals surface area contributed by atoms with Gasteiger partial charge in [0.1, 0.15) is 0 Å². The van der Waals surface area contributed by atoms with Crippen molar-refractivity contribution in [3.63, 3.8) is 0 Å². The second-order valence-electron chi connectivity index (χ2n) is 3.78. The van der Waals surface area contributed by atoms with Gasteiger partial charge in [-0.15, -0.1) is 0 Å². The van der Waals surface area contributed by atoms with Crippen LogP contribution < -0.4 is 0 Å². The maximum Gasteiger partial charge on any atom is 0.00313 e. The van der Waals surface area contributed by atoms with Crippen LogP contribution in [0.3, 0.4) is 0 Å². The average molecular weight is 239 g/mol. The Labute approximate surface area is 88.5 Å². The maximum absolute atomic E-state index is 3.47. The van der Waals surface area contributed by atoms with Crippen LogP contribution in [0.1, 0.15) is 36.3 Å². The second-order valence-corrected chi connectivity index (χ2v) is 4.58. The van der Waals surface area contributed by atoms with Gasteiger partial charge in [-0.1, -0.05) is 46.6 Å². The molecule has 0 amide bonds. The number of unbranched alkanes of at least 4 members (excludes halogenated alkanes) is 1. The lowest BCUT2D eigenvalue weighted by Gasteiger charge is -2.30. The second kappa shape index (κ2) is 4.28. The number of rotatable bonds is 4. The number of benzene rings is 1. The van der Waals surface area contributed by atoms with Gasteiger partial charge in [-0.05, 0) is 36.3 Å². The highest BCUT2D eigenvalue weighted by atomic mass is 79.9. The molecule has 13 heavy (non-hydrogen) atoms. The third-order valence-corrected chi connectivity index (χ3v) is 3.46. The van der Waals surface area contributed by atoms with Gasteiger partial charge >= 0.3 is 0 Å². The number of halogens is 1. The van der Waals surface area contributed by atoms with Crippen molar-refractivity contribution in [1.29, 1.82) is 0 Å². The average Bonchev–Trinajstić information content (AvgIpc) is 2.13. The molecular formula is C12H15Br. The molecule has 0 fully saturated rings. The topological polar surface area (TPSA) is 0 Å². The van der Waals surface area contributed by atoms with Crippen LogP contribution in [-0.2, 0) is 6.42 Å². The van der Waals surface area contributed by atoms with Crippen molar-refractivity contribution >= 4 is 15.9 Å². The summed E-state index contributed by atoms with van der Waals surface area (Å²) in [4.78, 5) is 0. The molecule has 1 atom stereocenters. The number of fused-ring (bicyclic) bond motifs is 1. The molecule has 0 spiro atoms. The normalized spacial score (nSPS) is 19.3. The number of hydrogen-bond acceptors (Lipinski definition) is 0. The van der Waals surface area contributed by atoms with Gasteiger partial charge in [0.05, 0.1) is 0 Å². The first kappa shape index (κ1) is 9.26. The van der Waals surface area contributed by atoms with Crippen molar-refractivity contribution in [1.82, 2.24) is 0 Å². The summed E-state index contributed by atoms with van der Waals surface area (Å²) in [6.07, 6.45) is 5.38. The van der Waals surface area contributed by atoms with E-state index in [-0.39, 0.29) is 0 Å². The van der Waals surface area contributed by atoms with E-state index in [0.29, 0.717) is 0 Å². The predicted octanol–water partition coefficient (Wildman–Crippen LogP) is 3.89. The van der Waals surface area contributed by atoms with Gasteiger partial charge in [-0.2, -0.15) is 0 Å². The van der Waals surface area contributed by atoms with Gasteiger partial charge in [0.15, 0.2) is 0 Å². The van der Waals surface area contributed by atoms with Crippen molar-refractivity contribution in [2.45, 2.75) is 31.6 Å². The van der Waals surface area contributed by atoms with Gasteiger partial charge in [-0.25, -0.2) is 0 Å². The smallest absolute Gasteiger partial charge is 0.00313 e. The molecule has 0 heterocycles. The van der Waals surface area contributed by atoms with E-state index in [4.69, 9.17) is 0 Å².